The standard InChI is InChI=1S/C27H22Br2O5/c1-2-3-9-22-25(26(31)17-13-20(28)27(32)21(29)14-17)19-11-10-18(15-23(19)34-22)33-24(30)12-16-7-5-4-6-8-16/h4-8,10-11,13-15,32H,2-3,9,12H2,1H3. The van der Waals surface area contributed by atoms with Gasteiger partial charge in [-0.3, -0.25) is 9.59 Å². The molecular weight excluding hydrogens is 564 g/mol. The third-order valence-electron chi connectivity index (χ3n) is 5.42. The number of hydrogen-bond acceptors (Lipinski definition) is 5. The van der Waals surface area contributed by atoms with E-state index in [0.717, 1.165) is 18.4 Å². The lowest BCUT2D eigenvalue weighted by atomic mass is 9.98. The molecule has 0 saturated carbocycles. The van der Waals surface area contributed by atoms with Crippen LogP contribution in [0, 0.1) is 0 Å². The van der Waals surface area contributed by atoms with Gasteiger partial charge >= 0.3 is 5.97 Å². The summed E-state index contributed by atoms with van der Waals surface area (Å²) >= 11 is 6.58. The monoisotopic (exact) mass is 584 g/mol. The number of carbonyl (C=O) groups excluding carboxylic acids is 2. The number of esters is 1. The normalized spacial score (nSPS) is 11.0. The molecule has 0 spiro atoms. The van der Waals surface area contributed by atoms with Crippen LogP contribution < -0.4 is 4.74 Å². The highest BCUT2D eigenvalue weighted by atomic mass is 79.9. The summed E-state index contributed by atoms with van der Waals surface area (Å²) in [6.07, 6.45) is 2.58. The summed E-state index contributed by atoms with van der Waals surface area (Å²) < 4.78 is 12.4. The van der Waals surface area contributed by atoms with Gasteiger partial charge in [0.15, 0.2) is 5.78 Å². The molecule has 7 heteroatoms. The zero-order chi connectivity index (χ0) is 24.2. The first kappa shape index (κ1) is 24.2. The van der Waals surface area contributed by atoms with Crippen molar-refractivity contribution in [1.29, 1.82) is 0 Å². The molecule has 0 aliphatic heterocycles. The number of rotatable bonds is 8. The first-order chi connectivity index (χ1) is 16.4. The fraction of sp³-hybridized carbons (Fsp3) is 0.185. The molecule has 4 rings (SSSR count). The van der Waals surface area contributed by atoms with E-state index in [2.05, 4.69) is 38.8 Å². The Kier molecular flexibility index (Phi) is 7.54. The van der Waals surface area contributed by atoms with Crippen LogP contribution in [-0.2, 0) is 17.6 Å². The van der Waals surface area contributed by atoms with Crippen molar-refractivity contribution in [3.63, 3.8) is 0 Å². The predicted molar refractivity (Wildman–Crippen MR) is 138 cm³/mol. The third-order valence-corrected chi connectivity index (χ3v) is 6.63. The summed E-state index contributed by atoms with van der Waals surface area (Å²) in [7, 11) is 0. The Balaban J connectivity index is 1.67. The SMILES string of the molecule is CCCCc1oc2cc(OC(=O)Cc3ccccc3)ccc2c1C(=O)c1cc(Br)c(O)c(Br)c1. The molecule has 0 radical (unpaired) electrons. The second-order valence-electron chi connectivity index (χ2n) is 7.92. The molecule has 1 aromatic heterocycles. The molecule has 0 unspecified atom stereocenters. The van der Waals surface area contributed by atoms with Gasteiger partial charge in [-0.2, -0.15) is 0 Å². The summed E-state index contributed by atoms with van der Waals surface area (Å²) in [5.74, 6) is 0.397. The summed E-state index contributed by atoms with van der Waals surface area (Å²) in [4.78, 5) is 25.9. The van der Waals surface area contributed by atoms with Crippen LogP contribution in [0.2, 0.25) is 0 Å². The Morgan fingerprint density at radius 1 is 1.00 bits per heavy atom. The predicted octanol–water partition coefficient (Wildman–Crippen LogP) is 7.39. The number of ketones is 1. The number of furan rings is 1. The van der Waals surface area contributed by atoms with Gasteiger partial charge in [0, 0.05) is 23.4 Å². The number of ether oxygens (including phenoxy) is 1. The highest BCUT2D eigenvalue weighted by Gasteiger charge is 2.24. The largest absolute Gasteiger partial charge is 0.506 e. The average Bonchev–Trinajstić information content (AvgIpc) is 3.18. The highest BCUT2D eigenvalue weighted by Crippen LogP contribution is 2.36. The number of phenolic OH excluding ortho intramolecular Hbond substituents is 1. The highest BCUT2D eigenvalue weighted by molar-refractivity contribution is 9.11. The fourth-order valence-corrected chi connectivity index (χ4v) is 4.91. The molecule has 0 amide bonds. The quantitative estimate of drug-likeness (QED) is 0.133. The molecule has 0 bridgehead atoms. The summed E-state index contributed by atoms with van der Waals surface area (Å²) in [5.41, 5.74) is 2.24. The number of carbonyl (C=O) groups is 2. The van der Waals surface area contributed by atoms with Crippen LogP contribution in [0.4, 0.5) is 0 Å². The first-order valence-corrected chi connectivity index (χ1v) is 12.5. The summed E-state index contributed by atoms with van der Waals surface area (Å²) in [5, 5.41) is 10.7. The lowest BCUT2D eigenvalue weighted by Crippen LogP contribution is -2.11. The topological polar surface area (TPSA) is 76.7 Å². The van der Waals surface area contributed by atoms with E-state index in [9.17, 15) is 14.7 Å². The van der Waals surface area contributed by atoms with Crippen LogP contribution in [0.5, 0.6) is 11.5 Å². The van der Waals surface area contributed by atoms with E-state index >= 15 is 0 Å². The van der Waals surface area contributed by atoms with Crippen LogP contribution in [0.15, 0.2) is 74.0 Å². The second kappa shape index (κ2) is 10.6. The van der Waals surface area contributed by atoms with Gasteiger partial charge in [-0.25, -0.2) is 0 Å². The number of aryl methyl sites for hydroxylation is 1. The van der Waals surface area contributed by atoms with Crippen molar-refractivity contribution >= 4 is 54.6 Å². The zero-order valence-electron chi connectivity index (χ0n) is 18.4. The molecular formula is C27H22Br2O5. The Bertz CT molecular complexity index is 1340. The number of hydrogen-bond donors (Lipinski definition) is 1. The van der Waals surface area contributed by atoms with Gasteiger partial charge in [0.05, 0.1) is 20.9 Å². The van der Waals surface area contributed by atoms with E-state index in [4.69, 9.17) is 9.15 Å². The Morgan fingerprint density at radius 2 is 1.71 bits per heavy atom. The van der Waals surface area contributed by atoms with Crippen LogP contribution in [0.25, 0.3) is 11.0 Å². The molecule has 1 heterocycles. The van der Waals surface area contributed by atoms with E-state index in [1.165, 1.54) is 0 Å². The van der Waals surface area contributed by atoms with Gasteiger partial charge in [0.25, 0.3) is 0 Å². The maximum Gasteiger partial charge on any atom is 0.315 e. The number of fused-ring (bicyclic) bond motifs is 1. The third kappa shape index (κ3) is 5.26. The Morgan fingerprint density at radius 3 is 2.38 bits per heavy atom. The molecule has 0 aliphatic rings. The molecule has 1 N–H and O–H groups in total. The van der Waals surface area contributed by atoms with E-state index in [-0.39, 0.29) is 23.9 Å². The van der Waals surface area contributed by atoms with Crippen molar-refractivity contribution in [3.8, 4) is 11.5 Å². The van der Waals surface area contributed by atoms with Crippen molar-refractivity contribution < 1.29 is 23.8 Å². The van der Waals surface area contributed by atoms with Crippen LogP contribution >= 0.6 is 31.9 Å². The Hall–Kier alpha value is -2.90. The van der Waals surface area contributed by atoms with E-state index in [1.807, 2.05) is 30.3 Å². The lowest BCUT2D eigenvalue weighted by Gasteiger charge is -2.07. The van der Waals surface area contributed by atoms with E-state index in [1.54, 1.807) is 30.3 Å². The molecule has 0 saturated heterocycles. The molecule has 3 aromatic carbocycles. The van der Waals surface area contributed by atoms with Crippen LogP contribution in [0.3, 0.4) is 0 Å². The van der Waals surface area contributed by atoms with Gasteiger partial charge in [0.1, 0.15) is 22.8 Å². The second-order valence-corrected chi connectivity index (χ2v) is 9.62. The van der Waals surface area contributed by atoms with Crippen molar-refractivity contribution in [2.45, 2.75) is 32.6 Å². The number of benzene rings is 3. The van der Waals surface area contributed by atoms with Gasteiger partial charge in [-0.05, 0) is 68.1 Å². The van der Waals surface area contributed by atoms with Crippen molar-refractivity contribution in [2.24, 2.45) is 0 Å². The first-order valence-electron chi connectivity index (χ1n) is 10.9. The number of aromatic hydroxyl groups is 1. The minimum atomic E-state index is -0.376. The van der Waals surface area contributed by atoms with E-state index in [0.29, 0.717) is 49.0 Å². The van der Waals surface area contributed by atoms with Gasteiger partial charge in [0.2, 0.25) is 0 Å². The van der Waals surface area contributed by atoms with Crippen molar-refractivity contribution in [2.75, 3.05) is 0 Å². The number of phenols is 1. The molecule has 174 valence electrons. The molecule has 0 aliphatic carbocycles. The molecule has 5 nitrogen and oxygen atoms in total. The van der Waals surface area contributed by atoms with Crippen LogP contribution in [0.1, 0.15) is 47.0 Å². The van der Waals surface area contributed by atoms with Gasteiger partial charge in [-0.15, -0.1) is 0 Å². The van der Waals surface area contributed by atoms with E-state index < -0.39 is 0 Å². The molecule has 0 fully saturated rings. The Labute approximate surface area is 214 Å². The van der Waals surface area contributed by atoms with Gasteiger partial charge < -0.3 is 14.3 Å². The fourth-order valence-electron chi connectivity index (χ4n) is 3.72. The minimum absolute atomic E-state index is 0.0294. The average molecular weight is 586 g/mol. The number of halogens is 2. The van der Waals surface area contributed by atoms with Crippen LogP contribution in [-0.4, -0.2) is 16.9 Å². The van der Waals surface area contributed by atoms with Crippen molar-refractivity contribution in [1.82, 2.24) is 0 Å². The van der Waals surface area contributed by atoms with Crippen molar-refractivity contribution in [3.05, 3.63) is 92.1 Å². The smallest absolute Gasteiger partial charge is 0.315 e. The molecule has 4 aromatic rings. The number of unbranched alkanes of at least 4 members (excludes halogenated alkanes) is 1. The molecule has 0 atom stereocenters. The summed E-state index contributed by atoms with van der Waals surface area (Å²) in [6.45, 7) is 2.07. The summed E-state index contributed by atoms with van der Waals surface area (Å²) in [6, 6.07) is 17.6. The minimum Gasteiger partial charge on any atom is -0.506 e. The lowest BCUT2D eigenvalue weighted by molar-refractivity contribution is -0.133. The molecule has 34 heavy (non-hydrogen) atoms. The maximum atomic E-state index is 13.5. The van der Waals surface area contributed by atoms with Gasteiger partial charge in [-0.1, -0.05) is 43.7 Å². The zero-order valence-corrected chi connectivity index (χ0v) is 21.6. The maximum absolute atomic E-state index is 13.5.